The third-order valence-electron chi connectivity index (χ3n) is 3.39. The van der Waals surface area contributed by atoms with Crippen LogP contribution in [0.25, 0.3) is 22.3 Å². The molecule has 122 valence electrons. The number of nitrogens with two attached hydrogens (primary N) is 1. The van der Waals surface area contributed by atoms with Crippen LogP contribution in [0, 0.1) is 0 Å². The Morgan fingerprint density at radius 3 is 2.74 bits per heavy atom. The summed E-state index contributed by atoms with van der Waals surface area (Å²) < 4.78 is 38.8. The van der Waals surface area contributed by atoms with Crippen LogP contribution in [0.2, 0.25) is 0 Å². The number of benzene rings is 1. The summed E-state index contributed by atoms with van der Waals surface area (Å²) in [7, 11) is 0. The number of aromatic nitrogens is 4. The van der Waals surface area contributed by atoms with E-state index in [1.165, 1.54) is 0 Å². The maximum Gasteiger partial charge on any atom is 0.408 e. The average Bonchev–Trinajstić information content (AvgIpc) is 3.08. The van der Waals surface area contributed by atoms with Crippen LogP contribution < -0.4 is 5.73 Å². The second kappa shape index (κ2) is 5.67. The minimum atomic E-state index is -4.46. The number of aliphatic hydroxyl groups is 1. The number of aliphatic hydroxyl groups excluding tert-OH is 1. The van der Waals surface area contributed by atoms with Gasteiger partial charge in [0.25, 0.3) is 0 Å². The van der Waals surface area contributed by atoms with Crippen molar-refractivity contribution in [3.05, 3.63) is 36.3 Å². The predicted octanol–water partition coefficient (Wildman–Crippen LogP) is 1.98. The third kappa shape index (κ3) is 3.06. The lowest BCUT2D eigenvalue weighted by molar-refractivity contribution is -0.143. The summed E-state index contributed by atoms with van der Waals surface area (Å²) in [4.78, 5) is 7.12. The van der Waals surface area contributed by atoms with E-state index in [4.69, 9.17) is 10.8 Å². The molecule has 1 atom stereocenters. The number of halogens is 3. The fraction of sp³-hybridized carbons (Fsp3) is 0.286. The number of hydrogen-bond donors (Lipinski definition) is 3. The SMILES string of the molecule is N[C@H](CO)c1nc(-c2c[nH]c3ccccc23)nn1CC(F)(F)F. The van der Waals surface area contributed by atoms with E-state index in [1.54, 1.807) is 6.20 Å². The predicted molar refractivity (Wildman–Crippen MR) is 77.4 cm³/mol. The second-order valence-corrected chi connectivity index (χ2v) is 5.10. The first-order valence-electron chi connectivity index (χ1n) is 6.83. The Morgan fingerprint density at radius 2 is 2.04 bits per heavy atom. The van der Waals surface area contributed by atoms with E-state index in [9.17, 15) is 13.2 Å². The fourth-order valence-electron chi connectivity index (χ4n) is 2.37. The molecule has 0 spiro atoms. The first-order chi connectivity index (χ1) is 10.9. The highest BCUT2D eigenvalue weighted by Gasteiger charge is 2.31. The van der Waals surface area contributed by atoms with Gasteiger partial charge >= 0.3 is 6.18 Å². The first-order valence-corrected chi connectivity index (χ1v) is 6.83. The van der Waals surface area contributed by atoms with Gasteiger partial charge in [0.15, 0.2) is 5.82 Å². The number of H-pyrrole nitrogens is 1. The van der Waals surface area contributed by atoms with E-state index >= 15 is 0 Å². The largest absolute Gasteiger partial charge is 0.408 e. The van der Waals surface area contributed by atoms with Crippen molar-refractivity contribution in [3.8, 4) is 11.4 Å². The van der Waals surface area contributed by atoms with Crippen LogP contribution in [0.3, 0.4) is 0 Å². The summed E-state index contributed by atoms with van der Waals surface area (Å²) in [6.45, 7) is -1.84. The van der Waals surface area contributed by atoms with Gasteiger partial charge in [-0.25, -0.2) is 9.67 Å². The molecule has 23 heavy (non-hydrogen) atoms. The number of rotatable bonds is 4. The molecule has 0 aliphatic heterocycles. The normalized spacial score (nSPS) is 13.6. The van der Waals surface area contributed by atoms with Crippen molar-refractivity contribution in [2.45, 2.75) is 18.8 Å². The van der Waals surface area contributed by atoms with Gasteiger partial charge in [0.1, 0.15) is 12.4 Å². The Bertz CT molecular complexity index is 823. The number of hydrogen-bond acceptors (Lipinski definition) is 4. The van der Waals surface area contributed by atoms with Crippen molar-refractivity contribution in [2.24, 2.45) is 5.73 Å². The van der Waals surface area contributed by atoms with Gasteiger partial charge in [-0.15, -0.1) is 0 Å². The van der Waals surface area contributed by atoms with Crippen molar-refractivity contribution in [3.63, 3.8) is 0 Å². The summed E-state index contributed by atoms with van der Waals surface area (Å²) in [5.41, 5.74) is 7.04. The monoisotopic (exact) mass is 325 g/mol. The van der Waals surface area contributed by atoms with Gasteiger partial charge < -0.3 is 15.8 Å². The highest BCUT2D eigenvalue weighted by molar-refractivity contribution is 5.93. The van der Waals surface area contributed by atoms with E-state index in [0.717, 1.165) is 10.9 Å². The Kier molecular flexibility index (Phi) is 3.82. The molecule has 0 bridgehead atoms. The van der Waals surface area contributed by atoms with Crippen LogP contribution in [0.5, 0.6) is 0 Å². The van der Waals surface area contributed by atoms with E-state index in [-0.39, 0.29) is 11.6 Å². The van der Waals surface area contributed by atoms with Crippen molar-refractivity contribution in [1.29, 1.82) is 0 Å². The van der Waals surface area contributed by atoms with Gasteiger partial charge in [-0.05, 0) is 6.07 Å². The van der Waals surface area contributed by atoms with Crippen LogP contribution in [-0.2, 0) is 6.54 Å². The molecule has 0 aliphatic rings. The molecule has 0 unspecified atom stereocenters. The highest BCUT2D eigenvalue weighted by atomic mass is 19.4. The van der Waals surface area contributed by atoms with Crippen LogP contribution in [0.4, 0.5) is 13.2 Å². The zero-order valence-corrected chi connectivity index (χ0v) is 11.9. The lowest BCUT2D eigenvalue weighted by atomic mass is 10.2. The zero-order valence-electron chi connectivity index (χ0n) is 11.9. The van der Waals surface area contributed by atoms with E-state index < -0.39 is 25.4 Å². The average molecular weight is 325 g/mol. The van der Waals surface area contributed by atoms with Gasteiger partial charge in [0, 0.05) is 22.7 Å². The molecule has 0 saturated heterocycles. The first kappa shape index (κ1) is 15.5. The molecular weight excluding hydrogens is 311 g/mol. The summed E-state index contributed by atoms with van der Waals surface area (Å²) in [5.74, 6) is 0.0238. The molecule has 3 aromatic rings. The van der Waals surface area contributed by atoms with E-state index in [1.807, 2.05) is 24.3 Å². The molecular formula is C14H14F3N5O. The van der Waals surface area contributed by atoms with Crippen molar-refractivity contribution < 1.29 is 18.3 Å². The molecule has 2 aromatic heterocycles. The molecule has 9 heteroatoms. The summed E-state index contributed by atoms with van der Waals surface area (Å²) in [5, 5.41) is 13.9. The standard InChI is InChI=1S/C14H14F3N5O/c15-14(16,17)7-22-13(10(18)6-23)20-12(21-22)9-5-19-11-4-2-1-3-8(9)11/h1-5,10,19,23H,6-7,18H2/t10-/m1/s1. The molecule has 3 rings (SSSR count). The van der Waals surface area contributed by atoms with Crippen molar-refractivity contribution >= 4 is 10.9 Å². The number of alkyl halides is 3. The van der Waals surface area contributed by atoms with Crippen LogP contribution >= 0.6 is 0 Å². The Morgan fingerprint density at radius 1 is 1.30 bits per heavy atom. The molecule has 6 nitrogen and oxygen atoms in total. The number of nitrogens with zero attached hydrogens (tertiary/aromatic N) is 3. The van der Waals surface area contributed by atoms with Gasteiger partial charge in [0.05, 0.1) is 12.6 Å². The molecule has 0 aliphatic carbocycles. The minimum Gasteiger partial charge on any atom is -0.394 e. The molecule has 0 saturated carbocycles. The zero-order chi connectivity index (χ0) is 16.6. The third-order valence-corrected chi connectivity index (χ3v) is 3.39. The summed E-state index contributed by atoms with van der Waals surface area (Å²) in [6.07, 6.45) is -2.83. The summed E-state index contributed by atoms with van der Waals surface area (Å²) in [6, 6.07) is 6.27. The second-order valence-electron chi connectivity index (χ2n) is 5.10. The van der Waals surface area contributed by atoms with Gasteiger partial charge in [0.2, 0.25) is 0 Å². The van der Waals surface area contributed by atoms with Crippen LogP contribution in [0.15, 0.2) is 30.5 Å². The van der Waals surface area contributed by atoms with Crippen molar-refractivity contribution in [1.82, 2.24) is 19.7 Å². The van der Waals surface area contributed by atoms with Crippen LogP contribution in [-0.4, -0.2) is 37.6 Å². The van der Waals surface area contributed by atoms with Gasteiger partial charge in [-0.3, -0.25) is 0 Å². The molecule has 0 fully saturated rings. The maximum absolute atomic E-state index is 12.7. The maximum atomic E-state index is 12.7. The molecule has 0 amide bonds. The lowest BCUT2D eigenvalue weighted by Gasteiger charge is -2.11. The van der Waals surface area contributed by atoms with E-state index in [0.29, 0.717) is 10.2 Å². The number of nitrogens with one attached hydrogen (secondary N) is 1. The number of para-hydroxylation sites is 1. The van der Waals surface area contributed by atoms with Crippen LogP contribution in [0.1, 0.15) is 11.9 Å². The molecule has 0 radical (unpaired) electrons. The lowest BCUT2D eigenvalue weighted by Crippen LogP contribution is -2.25. The molecule has 4 N–H and O–H groups in total. The van der Waals surface area contributed by atoms with Crippen molar-refractivity contribution in [2.75, 3.05) is 6.61 Å². The fourth-order valence-corrected chi connectivity index (χ4v) is 2.37. The Labute approximate surface area is 128 Å². The molecule has 2 heterocycles. The quantitative estimate of drug-likeness (QED) is 0.684. The number of aromatic amines is 1. The van der Waals surface area contributed by atoms with Gasteiger partial charge in [-0.1, -0.05) is 18.2 Å². The Hall–Kier alpha value is -2.39. The molecule has 1 aromatic carbocycles. The smallest absolute Gasteiger partial charge is 0.394 e. The van der Waals surface area contributed by atoms with E-state index in [2.05, 4.69) is 15.1 Å². The summed E-state index contributed by atoms with van der Waals surface area (Å²) >= 11 is 0. The minimum absolute atomic E-state index is 0.106. The highest BCUT2D eigenvalue weighted by Crippen LogP contribution is 2.28. The topological polar surface area (TPSA) is 92.8 Å². The van der Waals surface area contributed by atoms with Gasteiger partial charge in [-0.2, -0.15) is 18.3 Å². The Balaban J connectivity index is 2.09. The number of fused-ring (bicyclic) bond motifs is 1.